The average molecular weight is 386 g/mol. The van der Waals surface area contributed by atoms with E-state index in [1.165, 1.54) is 10.6 Å². The first-order chi connectivity index (χ1) is 11.4. The molecule has 1 saturated heterocycles. The Morgan fingerprint density at radius 1 is 1.36 bits per heavy atom. The Bertz CT molecular complexity index is 879. The van der Waals surface area contributed by atoms with E-state index in [2.05, 4.69) is 5.32 Å². The van der Waals surface area contributed by atoms with Crippen LogP contribution >= 0.6 is 12.4 Å². The number of halogens is 1. The molecule has 136 valence electrons. The van der Waals surface area contributed by atoms with Crippen LogP contribution in [0.2, 0.25) is 0 Å². The third-order valence-corrected chi connectivity index (χ3v) is 5.81. The van der Waals surface area contributed by atoms with Gasteiger partial charge in [-0.15, -0.1) is 12.4 Å². The summed E-state index contributed by atoms with van der Waals surface area (Å²) in [4.78, 5) is 12.2. The predicted molar refractivity (Wildman–Crippen MR) is 98.7 cm³/mol. The van der Waals surface area contributed by atoms with Crippen LogP contribution in [0.3, 0.4) is 0 Å². The zero-order valence-electron chi connectivity index (χ0n) is 13.7. The summed E-state index contributed by atoms with van der Waals surface area (Å²) in [5.41, 5.74) is 7.79. The van der Waals surface area contributed by atoms with E-state index in [1.54, 1.807) is 24.3 Å². The number of carbonyl (C=O) groups excluding carboxylic acids is 1. The maximum Gasteiger partial charge on any atom is 0.258 e. The van der Waals surface area contributed by atoms with Gasteiger partial charge >= 0.3 is 0 Å². The number of rotatable bonds is 4. The van der Waals surface area contributed by atoms with Crippen LogP contribution in [0.15, 0.2) is 34.9 Å². The van der Waals surface area contributed by atoms with Gasteiger partial charge in [0.15, 0.2) is 0 Å². The number of nitrogens with two attached hydrogens (primary N) is 1. The van der Waals surface area contributed by atoms with E-state index in [-0.39, 0.29) is 30.6 Å². The van der Waals surface area contributed by atoms with E-state index in [4.69, 9.17) is 10.2 Å². The van der Waals surface area contributed by atoms with Gasteiger partial charge in [0.25, 0.3) is 5.91 Å². The quantitative estimate of drug-likeness (QED) is 0.839. The second kappa shape index (κ2) is 7.47. The molecule has 0 aliphatic carbocycles. The van der Waals surface area contributed by atoms with Crippen molar-refractivity contribution in [1.82, 2.24) is 0 Å². The van der Waals surface area contributed by atoms with Crippen LogP contribution in [0, 0.1) is 6.92 Å². The van der Waals surface area contributed by atoms with Crippen LogP contribution in [0.4, 0.5) is 11.4 Å². The maximum absolute atomic E-state index is 12.2. The summed E-state index contributed by atoms with van der Waals surface area (Å²) in [5.74, 6) is 0.338. The first kappa shape index (κ1) is 19.3. The van der Waals surface area contributed by atoms with E-state index in [0.717, 1.165) is 5.56 Å². The molecule has 1 fully saturated rings. The molecule has 0 saturated carbocycles. The van der Waals surface area contributed by atoms with Crippen LogP contribution in [0.1, 0.15) is 28.1 Å². The molecule has 1 aromatic carbocycles. The minimum atomic E-state index is -3.27. The molecule has 3 N–H and O–H groups in total. The number of furan rings is 1. The van der Waals surface area contributed by atoms with Crippen molar-refractivity contribution in [2.45, 2.75) is 19.9 Å². The van der Waals surface area contributed by atoms with Gasteiger partial charge in [-0.1, -0.05) is 6.07 Å². The van der Waals surface area contributed by atoms with Crippen LogP contribution in [-0.2, 0) is 16.6 Å². The molecule has 1 aliphatic rings. The highest BCUT2D eigenvalue weighted by Gasteiger charge is 2.29. The van der Waals surface area contributed by atoms with Crippen molar-refractivity contribution >= 4 is 39.7 Å². The van der Waals surface area contributed by atoms with E-state index in [9.17, 15) is 13.2 Å². The molecule has 1 amide bonds. The monoisotopic (exact) mass is 385 g/mol. The molecule has 0 atom stereocenters. The number of anilines is 2. The summed E-state index contributed by atoms with van der Waals surface area (Å²) in [6.45, 7) is 2.52. The number of carbonyl (C=O) groups is 1. The van der Waals surface area contributed by atoms with Gasteiger partial charge < -0.3 is 15.5 Å². The van der Waals surface area contributed by atoms with Crippen molar-refractivity contribution in [3.8, 4) is 0 Å². The van der Waals surface area contributed by atoms with Crippen LogP contribution < -0.4 is 15.4 Å². The molecule has 1 aromatic heterocycles. The van der Waals surface area contributed by atoms with Gasteiger partial charge in [0.1, 0.15) is 12.0 Å². The fourth-order valence-electron chi connectivity index (χ4n) is 2.68. The fraction of sp³-hybridized carbons (Fsp3) is 0.312. The Morgan fingerprint density at radius 2 is 2.12 bits per heavy atom. The number of benzene rings is 1. The third kappa shape index (κ3) is 3.97. The zero-order chi connectivity index (χ0) is 17.3. The van der Waals surface area contributed by atoms with Gasteiger partial charge in [-0.3, -0.25) is 9.10 Å². The van der Waals surface area contributed by atoms with Crippen molar-refractivity contribution in [2.24, 2.45) is 5.73 Å². The lowest BCUT2D eigenvalue weighted by atomic mass is 10.1. The Balaban J connectivity index is 0.00000225. The summed E-state index contributed by atoms with van der Waals surface area (Å²) < 4.78 is 30.8. The molecule has 0 bridgehead atoms. The standard InChI is InChI=1S/C16H19N3O4S.ClH/c1-11-3-4-13(8-15(11)19-5-2-6-24(19,21)22)18-16(20)12-7-14(9-17)23-10-12;/h3-4,7-8,10H,2,5-6,9,17H2,1H3,(H,18,20);1H. The van der Waals surface area contributed by atoms with Crippen LogP contribution in [0.5, 0.6) is 0 Å². The Kier molecular flexibility index (Phi) is 5.76. The third-order valence-electron chi connectivity index (χ3n) is 3.95. The molecule has 7 nitrogen and oxygen atoms in total. The Labute approximate surface area is 152 Å². The number of nitrogens with zero attached hydrogens (tertiary/aromatic N) is 1. The zero-order valence-corrected chi connectivity index (χ0v) is 15.3. The lowest BCUT2D eigenvalue weighted by molar-refractivity contribution is 0.102. The summed E-state index contributed by atoms with van der Waals surface area (Å²) in [6, 6.07) is 6.79. The molecule has 3 rings (SSSR count). The fourth-order valence-corrected chi connectivity index (χ4v) is 4.29. The van der Waals surface area contributed by atoms with Gasteiger partial charge in [-0.05, 0) is 37.1 Å². The second-order valence-electron chi connectivity index (χ2n) is 5.70. The summed E-state index contributed by atoms with van der Waals surface area (Å²) in [6.07, 6.45) is 1.95. The topological polar surface area (TPSA) is 106 Å². The molecule has 2 heterocycles. The number of sulfonamides is 1. The van der Waals surface area contributed by atoms with Crippen molar-refractivity contribution in [3.63, 3.8) is 0 Å². The molecule has 0 radical (unpaired) electrons. The Hall–Kier alpha value is -2.03. The van der Waals surface area contributed by atoms with Gasteiger partial charge in [-0.25, -0.2) is 8.42 Å². The van der Waals surface area contributed by atoms with E-state index in [1.807, 2.05) is 6.92 Å². The number of amides is 1. The molecular weight excluding hydrogens is 366 g/mol. The average Bonchev–Trinajstić information content (AvgIpc) is 3.15. The summed E-state index contributed by atoms with van der Waals surface area (Å²) in [5, 5.41) is 2.75. The Morgan fingerprint density at radius 3 is 2.72 bits per heavy atom. The van der Waals surface area contributed by atoms with Crippen molar-refractivity contribution < 1.29 is 17.6 Å². The minimum Gasteiger partial charge on any atom is -0.467 e. The van der Waals surface area contributed by atoms with Gasteiger partial charge in [0.2, 0.25) is 10.0 Å². The number of nitrogens with one attached hydrogen (secondary N) is 1. The second-order valence-corrected chi connectivity index (χ2v) is 7.72. The predicted octanol–water partition coefficient (Wildman–Crippen LogP) is 2.26. The molecule has 1 aliphatic heterocycles. The lowest BCUT2D eigenvalue weighted by Gasteiger charge is -2.20. The van der Waals surface area contributed by atoms with Gasteiger partial charge in [-0.2, -0.15) is 0 Å². The number of aryl methyl sites for hydroxylation is 1. The normalized spacial score (nSPS) is 15.7. The minimum absolute atomic E-state index is 0. The maximum atomic E-state index is 12.2. The van der Waals surface area contributed by atoms with Crippen molar-refractivity contribution in [1.29, 1.82) is 0 Å². The smallest absolute Gasteiger partial charge is 0.258 e. The SMILES string of the molecule is Cc1ccc(NC(=O)c2coc(CN)c2)cc1N1CCCS1(=O)=O.Cl. The van der Waals surface area contributed by atoms with E-state index >= 15 is 0 Å². The molecule has 0 spiro atoms. The number of hydrogen-bond acceptors (Lipinski definition) is 5. The lowest BCUT2D eigenvalue weighted by Crippen LogP contribution is -2.26. The van der Waals surface area contributed by atoms with Crippen molar-refractivity contribution in [3.05, 3.63) is 47.4 Å². The van der Waals surface area contributed by atoms with Crippen molar-refractivity contribution in [2.75, 3.05) is 21.9 Å². The van der Waals surface area contributed by atoms with E-state index in [0.29, 0.717) is 35.7 Å². The number of hydrogen-bond donors (Lipinski definition) is 2. The van der Waals surface area contributed by atoms with Crippen LogP contribution in [0.25, 0.3) is 0 Å². The van der Waals surface area contributed by atoms with Gasteiger partial charge in [0, 0.05) is 12.2 Å². The van der Waals surface area contributed by atoms with Gasteiger partial charge in [0.05, 0.1) is 23.5 Å². The highest BCUT2D eigenvalue weighted by molar-refractivity contribution is 7.93. The van der Waals surface area contributed by atoms with E-state index < -0.39 is 10.0 Å². The largest absolute Gasteiger partial charge is 0.467 e. The highest BCUT2D eigenvalue weighted by atomic mass is 35.5. The molecule has 0 unspecified atom stereocenters. The first-order valence-corrected chi connectivity index (χ1v) is 9.21. The molecule has 2 aromatic rings. The van der Waals surface area contributed by atoms with Crippen LogP contribution in [-0.4, -0.2) is 26.6 Å². The molecular formula is C16H20ClN3O4S. The highest BCUT2D eigenvalue weighted by Crippen LogP contribution is 2.30. The molecule has 25 heavy (non-hydrogen) atoms. The molecule has 9 heteroatoms. The first-order valence-electron chi connectivity index (χ1n) is 7.60. The summed E-state index contributed by atoms with van der Waals surface area (Å²) in [7, 11) is -3.27. The summed E-state index contributed by atoms with van der Waals surface area (Å²) >= 11 is 0.